The Morgan fingerprint density at radius 3 is 1.74 bits per heavy atom. The molecule has 0 unspecified atom stereocenters. The fraction of sp³-hybridized carbons (Fsp3) is 0.213. The van der Waals surface area contributed by atoms with E-state index >= 15 is 0 Å². The number of nitrogens with zero attached hydrogens (tertiary/aromatic N) is 8. The van der Waals surface area contributed by atoms with Gasteiger partial charge in [-0.15, -0.1) is 0 Å². The molecule has 10 rings (SSSR count). The standard InChI is InChI=1S/C25H19F4N5O4.C22H18FN5O2/c1-38-23(37)20-19-12-33(8-9-34(19)24(30-20)25(27,28)29)22(36)16-10-13(6-7-17(16)26)11-18-14-4-2-3-5-15(14)21(35)32-31-18;23-18-6-5-14(12-19-15-3-1-2-4-16(15)21(29)26-25-19)11-17(18)22(30)28-10-9-27-8-7-24-20(27)13-28/h2-7,10H,8-9,11-12H2,1H3,(H,32,35);1-8,11H,9-10,12-13H2,(H,26,29). The van der Waals surface area contributed by atoms with Crippen molar-refractivity contribution in [2.75, 3.05) is 20.2 Å². The third-order valence-corrected chi connectivity index (χ3v) is 11.8. The molecule has 0 saturated carbocycles. The van der Waals surface area contributed by atoms with Gasteiger partial charge in [0.05, 0.1) is 59.2 Å². The second kappa shape index (κ2) is 18.1. The number of carbonyl (C=O) groups excluding carboxylic acids is 3. The summed E-state index contributed by atoms with van der Waals surface area (Å²) in [5, 5.41) is 15.5. The molecule has 2 aliphatic rings. The van der Waals surface area contributed by atoms with Crippen molar-refractivity contribution >= 4 is 39.3 Å². The summed E-state index contributed by atoms with van der Waals surface area (Å²) < 4.78 is 77.1. The summed E-state index contributed by atoms with van der Waals surface area (Å²) in [6, 6.07) is 22.5. The van der Waals surface area contributed by atoms with Crippen LogP contribution in [0.15, 0.2) is 107 Å². The zero-order valence-electron chi connectivity index (χ0n) is 35.8. The molecule has 68 heavy (non-hydrogen) atoms. The first-order chi connectivity index (χ1) is 32.7. The molecule has 346 valence electrons. The highest BCUT2D eigenvalue weighted by atomic mass is 19.4. The third-order valence-electron chi connectivity index (χ3n) is 11.8. The number of hydrogen-bond acceptors (Lipinski definition) is 10. The fourth-order valence-electron chi connectivity index (χ4n) is 8.40. The van der Waals surface area contributed by atoms with Gasteiger partial charge in [0.1, 0.15) is 17.5 Å². The van der Waals surface area contributed by atoms with Crippen LogP contribution in [0.25, 0.3) is 21.5 Å². The van der Waals surface area contributed by atoms with Gasteiger partial charge in [-0.05, 0) is 47.5 Å². The first kappa shape index (κ1) is 44.8. The number of rotatable bonds is 7. The van der Waals surface area contributed by atoms with Crippen molar-refractivity contribution in [1.29, 1.82) is 0 Å². The molecule has 0 spiro atoms. The Morgan fingerprint density at radius 2 is 1.21 bits per heavy atom. The molecule has 0 bridgehead atoms. The molecular weight excluding hydrogens is 896 g/mol. The van der Waals surface area contributed by atoms with Crippen LogP contribution in [0.4, 0.5) is 22.0 Å². The first-order valence-corrected chi connectivity index (χ1v) is 21.0. The van der Waals surface area contributed by atoms with Gasteiger partial charge in [-0.25, -0.2) is 33.7 Å². The number of alkyl halides is 3. The van der Waals surface area contributed by atoms with Gasteiger partial charge in [0.25, 0.3) is 22.9 Å². The van der Waals surface area contributed by atoms with E-state index < -0.39 is 47.8 Å². The number of nitrogens with one attached hydrogen (secondary N) is 2. The molecule has 0 radical (unpaired) electrons. The molecule has 2 N–H and O–H groups in total. The zero-order chi connectivity index (χ0) is 47.9. The van der Waals surface area contributed by atoms with E-state index in [2.05, 4.69) is 35.1 Å². The summed E-state index contributed by atoms with van der Waals surface area (Å²) in [5.41, 5.74) is 0.855. The summed E-state index contributed by atoms with van der Waals surface area (Å²) in [5.74, 6) is -4.06. The fourth-order valence-corrected chi connectivity index (χ4v) is 8.40. The smallest absolute Gasteiger partial charge is 0.449 e. The lowest BCUT2D eigenvalue weighted by molar-refractivity contribution is -0.147. The lowest BCUT2D eigenvalue weighted by atomic mass is 10.0. The second-order valence-electron chi connectivity index (χ2n) is 15.9. The highest BCUT2D eigenvalue weighted by Crippen LogP contribution is 2.33. The van der Waals surface area contributed by atoms with Crippen molar-refractivity contribution in [2.24, 2.45) is 0 Å². The van der Waals surface area contributed by atoms with Crippen LogP contribution in [-0.4, -0.2) is 87.3 Å². The van der Waals surface area contributed by atoms with E-state index in [1.54, 1.807) is 59.6 Å². The maximum Gasteiger partial charge on any atom is 0.449 e. The predicted octanol–water partition coefficient (Wildman–Crippen LogP) is 5.82. The number of imidazole rings is 2. The predicted molar refractivity (Wildman–Crippen MR) is 233 cm³/mol. The largest absolute Gasteiger partial charge is 0.464 e. The van der Waals surface area contributed by atoms with Crippen LogP contribution >= 0.6 is 0 Å². The zero-order valence-corrected chi connectivity index (χ0v) is 35.8. The van der Waals surface area contributed by atoms with E-state index in [1.165, 1.54) is 18.2 Å². The molecule has 8 aromatic rings. The van der Waals surface area contributed by atoms with Crippen LogP contribution < -0.4 is 11.1 Å². The Bertz CT molecular complexity index is 3420. The van der Waals surface area contributed by atoms with Gasteiger partial charge in [-0.2, -0.15) is 23.4 Å². The van der Waals surface area contributed by atoms with Gasteiger partial charge in [-0.1, -0.05) is 48.5 Å². The van der Waals surface area contributed by atoms with Gasteiger partial charge in [0.2, 0.25) is 5.82 Å². The SMILES string of the molecule is COC(=O)c1nc(C(F)(F)F)n2c1CN(C(=O)c1cc(Cc3n[nH]c(=O)c4ccccc34)ccc1F)CC2.O=C(c1cc(Cc2n[nH]c(=O)c3ccccc23)ccc1F)N1CCn2ccnc2C1. The molecule has 16 nitrogen and oxygen atoms in total. The molecule has 2 aliphatic heterocycles. The summed E-state index contributed by atoms with van der Waals surface area (Å²) in [6.45, 7) is 0.619. The Kier molecular flexibility index (Phi) is 12.0. The third kappa shape index (κ3) is 8.72. The quantitative estimate of drug-likeness (QED) is 0.145. The van der Waals surface area contributed by atoms with Gasteiger partial charge >= 0.3 is 12.1 Å². The number of aromatic amines is 2. The van der Waals surface area contributed by atoms with E-state index in [0.29, 0.717) is 59.2 Å². The molecule has 2 amide bonds. The number of hydrogen-bond donors (Lipinski definition) is 2. The van der Waals surface area contributed by atoms with Crippen LogP contribution in [-0.2, 0) is 49.9 Å². The maximum atomic E-state index is 14.8. The average molecular weight is 933 g/mol. The van der Waals surface area contributed by atoms with Crippen LogP contribution in [0.5, 0.6) is 0 Å². The number of aromatic nitrogens is 8. The van der Waals surface area contributed by atoms with Gasteiger partial charge in [-0.3, -0.25) is 19.2 Å². The van der Waals surface area contributed by atoms with E-state index in [0.717, 1.165) is 39.4 Å². The van der Waals surface area contributed by atoms with E-state index in [1.807, 2.05) is 22.9 Å². The number of esters is 1. The van der Waals surface area contributed by atoms with Gasteiger partial charge in [0, 0.05) is 62.2 Å². The first-order valence-electron chi connectivity index (χ1n) is 21.0. The molecule has 6 heterocycles. The van der Waals surface area contributed by atoms with Crippen molar-refractivity contribution in [2.45, 2.75) is 45.2 Å². The molecule has 0 saturated heterocycles. The van der Waals surface area contributed by atoms with Crippen LogP contribution in [0.1, 0.15) is 71.1 Å². The van der Waals surface area contributed by atoms with E-state index in [-0.39, 0.29) is 53.4 Å². The van der Waals surface area contributed by atoms with Crippen molar-refractivity contribution in [3.05, 3.63) is 186 Å². The molecule has 21 heteroatoms. The Hall–Kier alpha value is -8.36. The minimum Gasteiger partial charge on any atom is -0.464 e. The number of carbonyl (C=O) groups is 3. The number of methoxy groups -OCH3 is 1. The number of halogens is 5. The lowest BCUT2D eigenvalue weighted by Crippen LogP contribution is -2.40. The Labute approximate surface area is 380 Å². The van der Waals surface area contributed by atoms with Crippen molar-refractivity contribution in [3.63, 3.8) is 0 Å². The van der Waals surface area contributed by atoms with Crippen LogP contribution in [0.3, 0.4) is 0 Å². The number of benzene rings is 4. The number of fused-ring (bicyclic) bond motifs is 4. The van der Waals surface area contributed by atoms with Crippen molar-refractivity contribution in [1.82, 2.24) is 49.3 Å². The molecule has 0 aliphatic carbocycles. The summed E-state index contributed by atoms with van der Waals surface area (Å²) >= 11 is 0. The maximum absolute atomic E-state index is 14.8. The minimum atomic E-state index is -4.83. The normalized spacial score (nSPS) is 13.4. The summed E-state index contributed by atoms with van der Waals surface area (Å²) in [7, 11) is 1.01. The minimum absolute atomic E-state index is 0.0289. The van der Waals surface area contributed by atoms with E-state index in [4.69, 9.17) is 0 Å². The van der Waals surface area contributed by atoms with Crippen molar-refractivity contribution in [3.8, 4) is 0 Å². The number of amides is 2. The number of H-pyrrole nitrogens is 2. The molecule has 0 fully saturated rings. The van der Waals surface area contributed by atoms with Gasteiger partial charge < -0.3 is 23.7 Å². The highest BCUT2D eigenvalue weighted by molar-refractivity contribution is 5.96. The molecular formula is C47H37F5N10O6. The van der Waals surface area contributed by atoms with Gasteiger partial charge in [0.15, 0.2) is 5.69 Å². The summed E-state index contributed by atoms with van der Waals surface area (Å²) in [6.07, 6.45) is -0.715. The monoisotopic (exact) mass is 932 g/mol. The van der Waals surface area contributed by atoms with Crippen LogP contribution in [0.2, 0.25) is 0 Å². The second-order valence-corrected chi connectivity index (χ2v) is 15.9. The average Bonchev–Trinajstić information content (AvgIpc) is 3.99. The topological polar surface area (TPSA) is 194 Å². The van der Waals surface area contributed by atoms with Crippen LogP contribution in [0, 0.1) is 11.6 Å². The molecule has 0 atom stereocenters. The van der Waals surface area contributed by atoms with Crippen molar-refractivity contribution < 1.29 is 41.1 Å². The Morgan fingerprint density at radius 1 is 0.691 bits per heavy atom. The Balaban J connectivity index is 0.000000174. The number of ether oxygens (including phenoxy) is 1. The summed E-state index contributed by atoms with van der Waals surface area (Å²) in [4.78, 5) is 72.9. The lowest BCUT2D eigenvalue weighted by Gasteiger charge is -2.29. The highest BCUT2D eigenvalue weighted by Gasteiger charge is 2.42. The molecule has 4 aromatic carbocycles. The molecule has 4 aromatic heterocycles. The van der Waals surface area contributed by atoms with E-state index in [9.17, 15) is 45.9 Å².